The van der Waals surface area contributed by atoms with Crippen LogP contribution in [0.5, 0.6) is 0 Å². The summed E-state index contributed by atoms with van der Waals surface area (Å²) in [4.78, 5) is 0. The molecule has 0 aromatic rings. The molecule has 11 heavy (non-hydrogen) atoms. The minimum absolute atomic E-state index is 0.541. The molecule has 0 amide bonds. The second-order valence-corrected chi connectivity index (χ2v) is 4.66. The van der Waals surface area contributed by atoms with Crippen LogP contribution in [0.4, 0.5) is 0 Å². The molecule has 1 aliphatic carbocycles. The van der Waals surface area contributed by atoms with Crippen LogP contribution in [0, 0.1) is 0 Å². The van der Waals surface area contributed by atoms with Crippen LogP contribution in [0.25, 0.3) is 0 Å². The normalized spacial score (nSPS) is 38.4. The third kappa shape index (κ3) is 1.62. The van der Waals surface area contributed by atoms with E-state index in [0.29, 0.717) is 6.10 Å². The summed E-state index contributed by atoms with van der Waals surface area (Å²) >= 11 is 2.07. The van der Waals surface area contributed by atoms with Gasteiger partial charge in [0.15, 0.2) is 0 Å². The van der Waals surface area contributed by atoms with Crippen LogP contribution >= 0.6 is 11.8 Å². The fourth-order valence-electron chi connectivity index (χ4n) is 1.81. The molecule has 1 nitrogen and oxygen atoms in total. The van der Waals surface area contributed by atoms with E-state index in [1.165, 1.54) is 30.6 Å². The largest absolute Gasteiger partial charge is 0.376 e. The lowest BCUT2D eigenvalue weighted by atomic mass is 9.93. The molecule has 2 atom stereocenters. The Labute approximate surface area is 72.2 Å². The van der Waals surface area contributed by atoms with Crippen molar-refractivity contribution in [2.24, 2.45) is 0 Å². The highest BCUT2D eigenvalue weighted by atomic mass is 32.2. The Morgan fingerprint density at radius 1 is 1.55 bits per heavy atom. The number of allylic oxidation sites excluding steroid dienone is 1. The van der Waals surface area contributed by atoms with Crippen molar-refractivity contribution in [3.05, 3.63) is 12.2 Å². The highest BCUT2D eigenvalue weighted by molar-refractivity contribution is 8.00. The van der Waals surface area contributed by atoms with Gasteiger partial charge in [-0.25, -0.2) is 0 Å². The molecule has 2 aliphatic rings. The summed E-state index contributed by atoms with van der Waals surface area (Å²) < 4.78 is 5.67. The van der Waals surface area contributed by atoms with E-state index in [1.54, 1.807) is 0 Å². The van der Waals surface area contributed by atoms with Crippen LogP contribution in [0.3, 0.4) is 0 Å². The summed E-state index contributed by atoms with van der Waals surface area (Å²) in [5.41, 5.74) is 1.42. The Hall–Kier alpha value is 0.0500. The predicted molar refractivity (Wildman–Crippen MR) is 49.0 cm³/mol. The van der Waals surface area contributed by atoms with Crippen LogP contribution < -0.4 is 0 Å². The van der Waals surface area contributed by atoms with Gasteiger partial charge in [-0.3, -0.25) is 0 Å². The van der Waals surface area contributed by atoms with Gasteiger partial charge in [0.2, 0.25) is 0 Å². The Bertz CT molecular complexity index is 167. The molecule has 0 aromatic heterocycles. The third-order valence-electron chi connectivity index (χ3n) is 2.43. The molecule has 2 rings (SSSR count). The number of ether oxygens (including phenoxy) is 1. The molecule has 1 saturated carbocycles. The zero-order valence-corrected chi connectivity index (χ0v) is 7.53. The first-order chi connectivity index (χ1) is 5.36. The number of hydrogen-bond donors (Lipinski definition) is 0. The summed E-state index contributed by atoms with van der Waals surface area (Å²) in [6, 6.07) is 0. The lowest BCUT2D eigenvalue weighted by Gasteiger charge is -2.35. The van der Waals surface area contributed by atoms with Crippen molar-refractivity contribution in [2.75, 3.05) is 12.4 Å². The first kappa shape index (κ1) is 7.69. The van der Waals surface area contributed by atoms with E-state index < -0.39 is 0 Å². The van der Waals surface area contributed by atoms with Crippen LogP contribution in [-0.4, -0.2) is 23.7 Å². The smallest absolute Gasteiger partial charge is 0.0700 e. The van der Waals surface area contributed by atoms with Gasteiger partial charge in [0, 0.05) is 11.0 Å². The van der Waals surface area contributed by atoms with Crippen molar-refractivity contribution in [3.63, 3.8) is 0 Å². The van der Waals surface area contributed by atoms with Crippen molar-refractivity contribution in [1.82, 2.24) is 0 Å². The average molecular weight is 170 g/mol. The van der Waals surface area contributed by atoms with Crippen LogP contribution in [0.1, 0.15) is 19.3 Å². The van der Waals surface area contributed by atoms with Crippen molar-refractivity contribution < 1.29 is 4.74 Å². The molecule has 2 fully saturated rings. The summed E-state index contributed by atoms with van der Waals surface area (Å²) in [5.74, 6) is 1.18. The molecule has 1 heterocycles. The second kappa shape index (κ2) is 3.20. The first-order valence-electron chi connectivity index (χ1n) is 4.26. The number of rotatable bonds is 0. The van der Waals surface area contributed by atoms with Gasteiger partial charge < -0.3 is 4.74 Å². The van der Waals surface area contributed by atoms with Gasteiger partial charge in [-0.05, 0) is 19.3 Å². The molecule has 62 valence electrons. The maximum absolute atomic E-state index is 5.67. The lowest BCUT2D eigenvalue weighted by Crippen LogP contribution is -2.35. The molecule has 1 saturated heterocycles. The highest BCUT2D eigenvalue weighted by Crippen LogP contribution is 2.35. The zero-order valence-electron chi connectivity index (χ0n) is 6.71. The van der Waals surface area contributed by atoms with E-state index in [1.807, 2.05) is 0 Å². The molecule has 0 aromatic carbocycles. The zero-order chi connectivity index (χ0) is 7.68. The van der Waals surface area contributed by atoms with E-state index in [0.717, 1.165) is 11.9 Å². The van der Waals surface area contributed by atoms with Crippen molar-refractivity contribution in [1.29, 1.82) is 0 Å². The van der Waals surface area contributed by atoms with Crippen molar-refractivity contribution >= 4 is 11.8 Å². The van der Waals surface area contributed by atoms with Crippen LogP contribution in [0.15, 0.2) is 12.2 Å². The Kier molecular flexibility index (Phi) is 2.23. The van der Waals surface area contributed by atoms with E-state index in [2.05, 4.69) is 18.3 Å². The minimum Gasteiger partial charge on any atom is -0.376 e. The van der Waals surface area contributed by atoms with Crippen molar-refractivity contribution in [3.8, 4) is 0 Å². The molecule has 1 aliphatic heterocycles. The summed E-state index contributed by atoms with van der Waals surface area (Å²) in [5, 5.41) is 0.727. The van der Waals surface area contributed by atoms with Crippen LogP contribution in [0.2, 0.25) is 0 Å². The van der Waals surface area contributed by atoms with Gasteiger partial charge in [-0.15, -0.1) is 0 Å². The SMILES string of the molecule is C=C1CCC2OCCSC2C1. The Balaban J connectivity index is 1.98. The Morgan fingerprint density at radius 2 is 2.45 bits per heavy atom. The first-order valence-corrected chi connectivity index (χ1v) is 5.31. The Morgan fingerprint density at radius 3 is 3.36 bits per heavy atom. The second-order valence-electron chi connectivity index (χ2n) is 3.31. The number of hydrogen-bond acceptors (Lipinski definition) is 2. The average Bonchev–Trinajstić information content (AvgIpc) is 2.04. The van der Waals surface area contributed by atoms with Gasteiger partial charge in [-0.2, -0.15) is 11.8 Å². The highest BCUT2D eigenvalue weighted by Gasteiger charge is 2.30. The summed E-state index contributed by atoms with van der Waals surface area (Å²) in [7, 11) is 0. The van der Waals surface area contributed by atoms with E-state index in [4.69, 9.17) is 4.74 Å². The van der Waals surface area contributed by atoms with E-state index in [9.17, 15) is 0 Å². The molecule has 0 N–H and O–H groups in total. The molecule has 0 spiro atoms. The van der Waals surface area contributed by atoms with E-state index >= 15 is 0 Å². The number of fused-ring (bicyclic) bond motifs is 1. The molecular formula is C9H14OS. The van der Waals surface area contributed by atoms with Gasteiger partial charge in [-0.1, -0.05) is 12.2 Å². The summed E-state index contributed by atoms with van der Waals surface area (Å²) in [6.07, 6.45) is 4.12. The molecule has 2 unspecified atom stereocenters. The fraction of sp³-hybridized carbons (Fsp3) is 0.778. The maximum Gasteiger partial charge on any atom is 0.0700 e. The molecule has 0 radical (unpaired) electrons. The number of thioether (sulfide) groups is 1. The third-order valence-corrected chi connectivity index (χ3v) is 3.73. The molecular weight excluding hydrogens is 156 g/mol. The predicted octanol–water partition coefficient (Wildman–Crippen LogP) is 2.23. The monoisotopic (exact) mass is 170 g/mol. The topological polar surface area (TPSA) is 9.23 Å². The van der Waals surface area contributed by atoms with Crippen LogP contribution in [-0.2, 0) is 4.74 Å². The van der Waals surface area contributed by atoms with Gasteiger partial charge in [0.1, 0.15) is 0 Å². The fourth-order valence-corrected chi connectivity index (χ4v) is 3.08. The minimum atomic E-state index is 0.541. The van der Waals surface area contributed by atoms with Gasteiger partial charge in [0.25, 0.3) is 0 Å². The van der Waals surface area contributed by atoms with E-state index in [-0.39, 0.29) is 0 Å². The summed E-state index contributed by atoms with van der Waals surface area (Å²) in [6.45, 7) is 4.99. The maximum atomic E-state index is 5.67. The molecule has 0 bridgehead atoms. The standard InChI is InChI=1S/C9H14OS/c1-7-2-3-8-9(6-7)11-5-4-10-8/h8-9H,1-6H2. The molecule has 2 heteroatoms. The van der Waals surface area contributed by atoms with Gasteiger partial charge >= 0.3 is 0 Å². The van der Waals surface area contributed by atoms with Crippen molar-refractivity contribution in [2.45, 2.75) is 30.6 Å². The lowest BCUT2D eigenvalue weighted by molar-refractivity contribution is 0.0434. The quantitative estimate of drug-likeness (QED) is 0.516. The van der Waals surface area contributed by atoms with Gasteiger partial charge in [0.05, 0.1) is 12.7 Å².